The molecule has 0 fully saturated rings. The fourth-order valence-corrected chi connectivity index (χ4v) is 8.15. The summed E-state index contributed by atoms with van der Waals surface area (Å²) >= 11 is 0. The predicted octanol–water partition coefficient (Wildman–Crippen LogP) is 5.48. The van der Waals surface area contributed by atoms with Crippen molar-refractivity contribution in [3.05, 3.63) is 85.5 Å². The van der Waals surface area contributed by atoms with Crippen molar-refractivity contribution < 1.29 is 4.43 Å². The van der Waals surface area contributed by atoms with Crippen molar-refractivity contribution in [2.24, 2.45) is 0 Å². The molecule has 1 nitrogen and oxygen atoms in total. The molecule has 138 valence electrons. The molecule has 0 aliphatic heterocycles. The second-order valence-electron chi connectivity index (χ2n) is 7.67. The molecule has 0 unspecified atom stereocenters. The second-order valence-corrected chi connectivity index (χ2v) is 12.0. The molecule has 0 heterocycles. The topological polar surface area (TPSA) is 9.23 Å². The summed E-state index contributed by atoms with van der Waals surface area (Å²) in [6.07, 6.45) is 9.32. The fraction of sp³-hybridized carbons (Fsp3) is 0.333. The number of hydrogen-bond donors (Lipinski definition) is 0. The van der Waals surface area contributed by atoms with E-state index in [9.17, 15) is 0 Å². The molecule has 0 saturated heterocycles. The van der Waals surface area contributed by atoms with Crippen LogP contribution in [0.25, 0.3) is 0 Å². The summed E-state index contributed by atoms with van der Waals surface area (Å²) in [5.41, 5.74) is 0. The highest BCUT2D eigenvalue weighted by molar-refractivity contribution is 6.99. The smallest absolute Gasteiger partial charge is 0.261 e. The number of rotatable bonds is 9. The molecule has 2 aromatic carbocycles. The zero-order valence-electron chi connectivity index (χ0n) is 16.4. The van der Waals surface area contributed by atoms with E-state index in [-0.39, 0.29) is 5.04 Å². The summed E-state index contributed by atoms with van der Waals surface area (Å²) in [5.74, 6) is 0. The van der Waals surface area contributed by atoms with Gasteiger partial charge in [0.05, 0.1) is 0 Å². The van der Waals surface area contributed by atoms with Gasteiger partial charge in [-0.2, -0.15) is 0 Å². The summed E-state index contributed by atoms with van der Waals surface area (Å²) in [6, 6.07) is 21.7. The summed E-state index contributed by atoms with van der Waals surface area (Å²) in [4.78, 5) is 0. The minimum atomic E-state index is -2.36. The molecule has 0 aliphatic rings. The molecule has 0 bridgehead atoms. The van der Waals surface area contributed by atoms with Crippen molar-refractivity contribution in [2.45, 2.75) is 45.1 Å². The Labute approximate surface area is 160 Å². The fourth-order valence-electron chi connectivity index (χ4n) is 3.54. The lowest BCUT2D eigenvalue weighted by Crippen LogP contribution is -2.66. The quantitative estimate of drug-likeness (QED) is 0.325. The van der Waals surface area contributed by atoms with Crippen molar-refractivity contribution in [1.82, 2.24) is 0 Å². The lowest BCUT2D eigenvalue weighted by molar-refractivity contribution is 0.289. The van der Waals surface area contributed by atoms with Gasteiger partial charge in [0.15, 0.2) is 0 Å². The number of allylic oxidation sites excluding steroid dienone is 3. The van der Waals surface area contributed by atoms with Crippen molar-refractivity contribution in [2.75, 3.05) is 6.61 Å². The first-order valence-electron chi connectivity index (χ1n) is 9.55. The van der Waals surface area contributed by atoms with Crippen molar-refractivity contribution in [3.63, 3.8) is 0 Å². The van der Waals surface area contributed by atoms with Crippen LogP contribution >= 0.6 is 0 Å². The van der Waals surface area contributed by atoms with Crippen LogP contribution in [0.2, 0.25) is 5.04 Å². The summed E-state index contributed by atoms with van der Waals surface area (Å²) < 4.78 is 6.87. The first-order valence-corrected chi connectivity index (χ1v) is 11.5. The Kier molecular flexibility index (Phi) is 7.61. The highest BCUT2D eigenvalue weighted by Gasteiger charge is 2.49. The van der Waals surface area contributed by atoms with Gasteiger partial charge >= 0.3 is 0 Å². The first-order chi connectivity index (χ1) is 12.5. The van der Waals surface area contributed by atoms with Gasteiger partial charge in [0.1, 0.15) is 0 Å². The molecule has 0 radical (unpaired) electrons. The van der Waals surface area contributed by atoms with Crippen LogP contribution in [0.4, 0.5) is 0 Å². The van der Waals surface area contributed by atoms with Crippen LogP contribution in [0.15, 0.2) is 85.5 Å². The van der Waals surface area contributed by atoms with Gasteiger partial charge in [-0.05, 0) is 34.7 Å². The van der Waals surface area contributed by atoms with E-state index >= 15 is 0 Å². The maximum Gasteiger partial charge on any atom is 0.261 e. The van der Waals surface area contributed by atoms with Crippen molar-refractivity contribution >= 4 is 18.7 Å². The summed E-state index contributed by atoms with van der Waals surface area (Å²) in [6.45, 7) is 11.5. The van der Waals surface area contributed by atoms with E-state index in [1.807, 2.05) is 12.2 Å². The number of benzene rings is 2. The summed E-state index contributed by atoms with van der Waals surface area (Å²) in [5, 5.41) is 2.76. The molecular weight excluding hydrogens is 332 g/mol. The van der Waals surface area contributed by atoms with E-state index in [2.05, 4.69) is 94.1 Å². The van der Waals surface area contributed by atoms with E-state index < -0.39 is 8.32 Å². The van der Waals surface area contributed by atoms with Crippen LogP contribution in [0.5, 0.6) is 0 Å². The summed E-state index contributed by atoms with van der Waals surface area (Å²) in [7, 11) is -2.36. The van der Waals surface area contributed by atoms with Crippen LogP contribution in [-0.2, 0) is 4.43 Å². The second kappa shape index (κ2) is 9.70. The SMILES string of the molecule is C=C/C=C\CCCCO[Si](c1ccccc1)(c1ccccc1)C(C)(C)C. The third-order valence-corrected chi connectivity index (χ3v) is 9.81. The van der Waals surface area contributed by atoms with E-state index in [1.54, 1.807) is 0 Å². The molecule has 0 saturated carbocycles. The Balaban J connectivity index is 2.29. The molecule has 2 rings (SSSR count). The number of hydrogen-bond acceptors (Lipinski definition) is 1. The van der Waals surface area contributed by atoms with E-state index in [4.69, 9.17) is 4.43 Å². The molecular formula is C24H32OSi. The minimum Gasteiger partial charge on any atom is -0.407 e. The van der Waals surface area contributed by atoms with Crippen LogP contribution < -0.4 is 10.4 Å². The van der Waals surface area contributed by atoms with Crippen LogP contribution in [-0.4, -0.2) is 14.9 Å². The van der Waals surface area contributed by atoms with Gasteiger partial charge in [-0.25, -0.2) is 0 Å². The van der Waals surface area contributed by atoms with Gasteiger partial charge in [0, 0.05) is 6.61 Å². The monoisotopic (exact) mass is 364 g/mol. The average Bonchev–Trinajstić information content (AvgIpc) is 2.64. The Morgan fingerprint density at radius 2 is 1.42 bits per heavy atom. The van der Waals surface area contributed by atoms with E-state index in [1.165, 1.54) is 10.4 Å². The lowest BCUT2D eigenvalue weighted by atomic mass is 10.2. The third-order valence-electron chi connectivity index (χ3n) is 4.77. The Morgan fingerprint density at radius 3 is 1.88 bits per heavy atom. The minimum absolute atomic E-state index is 0.0540. The van der Waals surface area contributed by atoms with Crippen molar-refractivity contribution in [1.29, 1.82) is 0 Å². The molecule has 0 spiro atoms. The maximum atomic E-state index is 6.87. The van der Waals surface area contributed by atoms with E-state index in [0.29, 0.717) is 0 Å². The molecule has 2 aromatic rings. The highest BCUT2D eigenvalue weighted by atomic mass is 28.4. The maximum absolute atomic E-state index is 6.87. The van der Waals surface area contributed by atoms with Crippen molar-refractivity contribution in [3.8, 4) is 0 Å². The molecule has 0 N–H and O–H groups in total. The lowest BCUT2D eigenvalue weighted by Gasteiger charge is -2.43. The first kappa shape index (κ1) is 20.4. The molecule has 0 aromatic heterocycles. The third kappa shape index (κ3) is 4.84. The standard InChI is InChI=1S/C24H32OSi/c1-5-6-7-8-9-16-21-25-26(24(2,3)4,22-17-12-10-13-18-22)23-19-14-11-15-20-23/h5-7,10-15,17-20H,1,8-9,16,21H2,2-4H3/b7-6-. The molecule has 0 amide bonds. The van der Waals surface area contributed by atoms with Gasteiger partial charge < -0.3 is 4.43 Å². The van der Waals surface area contributed by atoms with Gasteiger partial charge in [-0.1, -0.05) is 106 Å². The van der Waals surface area contributed by atoms with Gasteiger partial charge in [-0.15, -0.1) is 0 Å². The average molecular weight is 365 g/mol. The van der Waals surface area contributed by atoms with Crippen LogP contribution in [0.3, 0.4) is 0 Å². The largest absolute Gasteiger partial charge is 0.407 e. The molecule has 0 atom stereocenters. The normalized spacial score (nSPS) is 12.4. The Hall–Kier alpha value is -1.90. The van der Waals surface area contributed by atoms with Gasteiger partial charge in [-0.3, -0.25) is 0 Å². The zero-order valence-corrected chi connectivity index (χ0v) is 17.4. The Morgan fingerprint density at radius 1 is 0.885 bits per heavy atom. The molecule has 2 heteroatoms. The highest BCUT2D eigenvalue weighted by Crippen LogP contribution is 2.36. The molecule has 26 heavy (non-hydrogen) atoms. The Bertz CT molecular complexity index is 644. The number of unbranched alkanes of at least 4 members (excludes halogenated alkanes) is 2. The van der Waals surface area contributed by atoms with Crippen LogP contribution in [0.1, 0.15) is 40.0 Å². The van der Waals surface area contributed by atoms with Gasteiger partial charge in [0.2, 0.25) is 0 Å². The predicted molar refractivity (Wildman–Crippen MR) is 117 cm³/mol. The van der Waals surface area contributed by atoms with E-state index in [0.717, 1.165) is 25.9 Å². The zero-order chi connectivity index (χ0) is 18.9. The molecule has 0 aliphatic carbocycles. The van der Waals surface area contributed by atoms with Gasteiger partial charge in [0.25, 0.3) is 8.32 Å². The van der Waals surface area contributed by atoms with Crippen LogP contribution in [0, 0.1) is 0 Å².